The number of anilines is 2. The van der Waals surface area contributed by atoms with Crippen LogP contribution in [0.2, 0.25) is 0 Å². The fourth-order valence-corrected chi connectivity index (χ4v) is 5.67. The van der Waals surface area contributed by atoms with E-state index in [4.69, 9.17) is 19.9 Å². The van der Waals surface area contributed by atoms with E-state index in [0.29, 0.717) is 59.2 Å². The van der Waals surface area contributed by atoms with Crippen molar-refractivity contribution in [2.24, 2.45) is 5.73 Å². The van der Waals surface area contributed by atoms with Crippen LogP contribution < -0.4 is 30.6 Å². The number of methoxy groups -OCH3 is 2. The fraction of sp³-hybridized carbons (Fsp3) is 0.250. The number of rotatable bonds is 12. The minimum Gasteiger partial charge on any atom is -0.497 e. The lowest BCUT2D eigenvalue weighted by molar-refractivity contribution is -0.116. The van der Waals surface area contributed by atoms with Crippen molar-refractivity contribution in [1.82, 2.24) is 4.98 Å². The van der Waals surface area contributed by atoms with Crippen molar-refractivity contribution in [3.63, 3.8) is 0 Å². The molecule has 1 aromatic heterocycles. The van der Waals surface area contributed by atoms with Crippen molar-refractivity contribution < 1.29 is 28.6 Å². The number of hydrogen-bond donors (Lipinski definition) is 3. The standard InChI is InChI=1S/C40H42N4O6/c1-24(45)11-12-26-20-28(40(2,3)4)22-35(37(26)49-6)44-39(47)43-34-13-14-36(33-10-8-7-9-32(33)34)50-30-15-16-42-29(23-30)18-25-17-27(38(41)46)21-31(19-25)48-5/h7-10,13-17,19-23H,11-12,18H2,1-6H3,(H2,41,46)(H2,43,44,47). The molecule has 0 unspecified atom stereocenters. The average Bonchev–Trinajstić information content (AvgIpc) is 3.07. The van der Waals surface area contributed by atoms with Crippen LogP contribution in [0.4, 0.5) is 16.2 Å². The SMILES string of the molecule is COc1cc(Cc2cc(Oc3ccc(NC(=O)Nc4cc(C(C)(C)C)cc(CCC(C)=O)c4OC)c4ccccc34)ccn2)cc(C(N)=O)c1. The highest BCUT2D eigenvalue weighted by molar-refractivity contribution is 6.08. The van der Waals surface area contributed by atoms with Gasteiger partial charge >= 0.3 is 6.03 Å². The molecule has 0 aliphatic heterocycles. The molecule has 0 bridgehead atoms. The van der Waals surface area contributed by atoms with Crippen LogP contribution in [-0.2, 0) is 23.1 Å². The summed E-state index contributed by atoms with van der Waals surface area (Å²) in [5, 5.41) is 7.55. The van der Waals surface area contributed by atoms with Crippen LogP contribution >= 0.6 is 0 Å². The van der Waals surface area contributed by atoms with Gasteiger partial charge in [0.05, 0.1) is 25.6 Å². The summed E-state index contributed by atoms with van der Waals surface area (Å²) >= 11 is 0. The van der Waals surface area contributed by atoms with E-state index in [1.165, 1.54) is 7.11 Å². The van der Waals surface area contributed by atoms with Crippen LogP contribution in [0.5, 0.6) is 23.0 Å². The lowest BCUT2D eigenvalue weighted by atomic mass is 9.85. The Balaban J connectivity index is 1.38. The molecule has 0 aliphatic carbocycles. The summed E-state index contributed by atoms with van der Waals surface area (Å²) in [6, 6.07) is 23.5. The zero-order chi connectivity index (χ0) is 36.0. The number of primary amides is 1. The number of ether oxygens (including phenoxy) is 3. The number of fused-ring (bicyclic) bond motifs is 1. The largest absolute Gasteiger partial charge is 0.497 e. The molecular weight excluding hydrogens is 632 g/mol. The molecule has 5 rings (SSSR count). The van der Waals surface area contributed by atoms with Crippen LogP contribution in [0.25, 0.3) is 10.8 Å². The van der Waals surface area contributed by atoms with E-state index in [0.717, 1.165) is 33.2 Å². The zero-order valence-corrected chi connectivity index (χ0v) is 29.2. The Morgan fingerprint density at radius 3 is 2.24 bits per heavy atom. The third-order valence-corrected chi connectivity index (χ3v) is 8.25. The molecule has 0 aliphatic rings. The van der Waals surface area contributed by atoms with E-state index in [9.17, 15) is 14.4 Å². The molecule has 0 fully saturated rings. The minimum absolute atomic E-state index is 0.0811. The average molecular weight is 675 g/mol. The predicted molar refractivity (Wildman–Crippen MR) is 196 cm³/mol. The van der Waals surface area contributed by atoms with Gasteiger partial charge in [-0.15, -0.1) is 0 Å². The molecule has 3 amide bonds. The van der Waals surface area contributed by atoms with Crippen LogP contribution in [0.3, 0.4) is 0 Å². The quantitative estimate of drug-likeness (QED) is 0.121. The summed E-state index contributed by atoms with van der Waals surface area (Å²) in [6.07, 6.45) is 2.96. The van der Waals surface area contributed by atoms with Gasteiger partial charge in [0.15, 0.2) is 0 Å². The number of pyridine rings is 1. The van der Waals surface area contributed by atoms with Gasteiger partial charge in [-0.25, -0.2) is 4.79 Å². The van der Waals surface area contributed by atoms with Gasteiger partial charge in [-0.2, -0.15) is 0 Å². The predicted octanol–water partition coefficient (Wildman–Crippen LogP) is 8.20. The maximum Gasteiger partial charge on any atom is 0.323 e. The zero-order valence-electron chi connectivity index (χ0n) is 29.2. The monoisotopic (exact) mass is 674 g/mol. The number of Topliss-reactive ketones (excluding diaryl/α,β-unsaturated/α-hetero) is 1. The molecule has 258 valence electrons. The number of carbonyl (C=O) groups is 3. The van der Waals surface area contributed by atoms with Crippen LogP contribution in [-0.4, -0.2) is 36.9 Å². The Bertz CT molecular complexity index is 2070. The van der Waals surface area contributed by atoms with E-state index in [-0.39, 0.29) is 11.2 Å². The normalized spacial score (nSPS) is 11.2. The Labute approximate surface area is 292 Å². The molecule has 0 spiro atoms. The van der Waals surface area contributed by atoms with Crippen molar-refractivity contribution >= 4 is 39.9 Å². The molecule has 50 heavy (non-hydrogen) atoms. The second kappa shape index (κ2) is 15.1. The summed E-state index contributed by atoms with van der Waals surface area (Å²) in [5.74, 6) is 1.77. The van der Waals surface area contributed by atoms with Crippen molar-refractivity contribution in [1.29, 1.82) is 0 Å². The van der Waals surface area contributed by atoms with E-state index in [1.807, 2.05) is 48.5 Å². The molecule has 0 saturated carbocycles. The van der Waals surface area contributed by atoms with Gasteiger partial charge in [0.2, 0.25) is 5.91 Å². The highest BCUT2D eigenvalue weighted by atomic mass is 16.5. The lowest BCUT2D eigenvalue weighted by Crippen LogP contribution is -2.21. The van der Waals surface area contributed by atoms with E-state index >= 15 is 0 Å². The molecule has 4 aromatic carbocycles. The number of carbonyl (C=O) groups excluding carboxylic acids is 3. The molecule has 4 N–H and O–H groups in total. The number of hydrogen-bond acceptors (Lipinski definition) is 7. The van der Waals surface area contributed by atoms with Crippen LogP contribution in [0, 0.1) is 0 Å². The van der Waals surface area contributed by atoms with E-state index < -0.39 is 11.9 Å². The van der Waals surface area contributed by atoms with E-state index in [1.54, 1.807) is 50.6 Å². The summed E-state index contributed by atoms with van der Waals surface area (Å²) < 4.78 is 17.4. The maximum absolute atomic E-state index is 13.5. The fourth-order valence-electron chi connectivity index (χ4n) is 5.67. The van der Waals surface area contributed by atoms with Crippen LogP contribution in [0.15, 0.2) is 85.1 Å². The Hall–Kier alpha value is -5.90. The number of nitrogens with one attached hydrogen (secondary N) is 2. The summed E-state index contributed by atoms with van der Waals surface area (Å²) in [6.45, 7) is 7.85. The van der Waals surface area contributed by atoms with Crippen molar-refractivity contribution in [3.8, 4) is 23.0 Å². The third-order valence-electron chi connectivity index (χ3n) is 8.25. The number of urea groups is 1. The molecule has 1 heterocycles. The van der Waals surface area contributed by atoms with Gasteiger partial charge in [0.25, 0.3) is 0 Å². The first-order chi connectivity index (χ1) is 23.8. The number of nitrogens with zero attached hydrogens (tertiary/aromatic N) is 1. The molecule has 5 aromatic rings. The van der Waals surface area contributed by atoms with Gasteiger partial charge in [-0.05, 0) is 77.9 Å². The highest BCUT2D eigenvalue weighted by Gasteiger charge is 2.21. The number of ketones is 1. The first-order valence-corrected chi connectivity index (χ1v) is 16.3. The molecule has 10 nitrogen and oxygen atoms in total. The molecule has 0 saturated heterocycles. The first-order valence-electron chi connectivity index (χ1n) is 16.3. The van der Waals surface area contributed by atoms with Crippen molar-refractivity contribution in [2.75, 3.05) is 24.9 Å². The second-order valence-electron chi connectivity index (χ2n) is 13.1. The second-order valence-corrected chi connectivity index (χ2v) is 13.1. The third kappa shape index (κ3) is 8.57. The smallest absolute Gasteiger partial charge is 0.323 e. The summed E-state index contributed by atoms with van der Waals surface area (Å²) in [4.78, 5) is 41.6. The number of aryl methyl sites for hydroxylation is 1. The van der Waals surface area contributed by atoms with Gasteiger partial charge in [0, 0.05) is 47.1 Å². The topological polar surface area (TPSA) is 142 Å². The lowest BCUT2D eigenvalue weighted by Gasteiger charge is -2.24. The van der Waals surface area contributed by atoms with Crippen LogP contribution in [0.1, 0.15) is 66.9 Å². The number of amides is 3. The molecule has 0 radical (unpaired) electrons. The van der Waals surface area contributed by atoms with Gasteiger partial charge in [-0.3, -0.25) is 9.78 Å². The van der Waals surface area contributed by atoms with E-state index in [2.05, 4.69) is 36.4 Å². The number of nitrogens with two attached hydrogens (primary N) is 1. The molecule has 0 atom stereocenters. The van der Waals surface area contributed by atoms with Gasteiger partial charge in [-0.1, -0.05) is 51.1 Å². The molecular formula is C40H42N4O6. The van der Waals surface area contributed by atoms with Crippen molar-refractivity contribution in [2.45, 2.75) is 52.4 Å². The highest BCUT2D eigenvalue weighted by Crippen LogP contribution is 2.38. The van der Waals surface area contributed by atoms with Crippen molar-refractivity contribution in [3.05, 3.63) is 113 Å². The molecule has 10 heteroatoms. The minimum atomic E-state index is -0.540. The first kappa shape index (κ1) is 35.4. The summed E-state index contributed by atoms with van der Waals surface area (Å²) in [7, 11) is 3.09. The Kier molecular flexibility index (Phi) is 10.7. The van der Waals surface area contributed by atoms with Gasteiger partial charge in [0.1, 0.15) is 28.8 Å². The summed E-state index contributed by atoms with van der Waals surface area (Å²) in [5.41, 5.74) is 10.2. The number of aromatic nitrogens is 1. The Morgan fingerprint density at radius 2 is 1.56 bits per heavy atom. The number of benzene rings is 4. The van der Waals surface area contributed by atoms with Gasteiger partial charge < -0.3 is 35.4 Å². The maximum atomic E-state index is 13.5. The Morgan fingerprint density at radius 1 is 0.820 bits per heavy atom.